The first-order valence-corrected chi connectivity index (χ1v) is 8.48. The van der Waals surface area contributed by atoms with E-state index in [0.29, 0.717) is 21.5 Å². The van der Waals surface area contributed by atoms with Crippen LogP contribution in [0.4, 0.5) is 5.69 Å². The zero-order valence-electron chi connectivity index (χ0n) is 14.6. The van der Waals surface area contributed by atoms with E-state index in [4.69, 9.17) is 16.3 Å². The Morgan fingerprint density at radius 1 is 1.11 bits per heavy atom. The van der Waals surface area contributed by atoms with Gasteiger partial charge in [-0.15, -0.1) is 0 Å². The third-order valence-corrected chi connectivity index (χ3v) is 4.26. The lowest BCUT2D eigenvalue weighted by Gasteiger charge is -2.15. The second-order valence-electron chi connectivity index (χ2n) is 5.84. The topological polar surface area (TPSA) is 90.3 Å². The molecule has 0 saturated carbocycles. The Morgan fingerprint density at radius 2 is 1.74 bits per heavy atom. The number of anilines is 1. The number of esters is 1. The maximum absolute atomic E-state index is 12.6. The number of rotatable bonds is 4. The van der Waals surface area contributed by atoms with Gasteiger partial charge in [0.25, 0.3) is 11.5 Å². The van der Waals surface area contributed by atoms with Crippen molar-refractivity contribution in [3.05, 3.63) is 69.6 Å². The van der Waals surface area contributed by atoms with Gasteiger partial charge < -0.3 is 10.1 Å². The summed E-state index contributed by atoms with van der Waals surface area (Å²) in [5, 5.41) is 7.67. The molecule has 1 heterocycles. The van der Waals surface area contributed by atoms with Crippen molar-refractivity contribution in [1.29, 1.82) is 0 Å². The fraction of sp³-hybridized carbons (Fsp3) is 0.158. The molecule has 138 valence electrons. The molecule has 1 atom stereocenters. The molecule has 27 heavy (non-hydrogen) atoms. The predicted molar refractivity (Wildman–Crippen MR) is 102 cm³/mol. The number of benzene rings is 2. The normalized spacial score (nSPS) is 11.8. The molecule has 1 aromatic heterocycles. The van der Waals surface area contributed by atoms with E-state index in [1.165, 1.54) is 14.0 Å². The number of aryl methyl sites for hydroxylation is 1. The Kier molecular flexibility index (Phi) is 5.23. The number of hydrogen-bond donors (Lipinski definition) is 1. The Hall–Kier alpha value is -3.19. The number of carbonyl (C=O) groups is 2. The quantitative estimate of drug-likeness (QED) is 0.697. The first-order valence-electron chi connectivity index (χ1n) is 8.11. The first kappa shape index (κ1) is 18.6. The van der Waals surface area contributed by atoms with Crippen molar-refractivity contribution in [2.75, 3.05) is 5.32 Å². The summed E-state index contributed by atoms with van der Waals surface area (Å²) >= 11 is 6.01. The van der Waals surface area contributed by atoms with Gasteiger partial charge in [-0.1, -0.05) is 41.9 Å². The van der Waals surface area contributed by atoms with Gasteiger partial charge in [0.05, 0.1) is 16.1 Å². The highest BCUT2D eigenvalue weighted by Crippen LogP contribution is 2.21. The van der Waals surface area contributed by atoms with Crippen molar-refractivity contribution in [2.24, 2.45) is 7.05 Å². The highest BCUT2D eigenvalue weighted by Gasteiger charge is 2.23. The van der Waals surface area contributed by atoms with Gasteiger partial charge in [-0.2, -0.15) is 5.10 Å². The van der Waals surface area contributed by atoms with Gasteiger partial charge in [0.15, 0.2) is 11.8 Å². The summed E-state index contributed by atoms with van der Waals surface area (Å²) in [6.07, 6.45) is -1.09. The van der Waals surface area contributed by atoms with Crippen LogP contribution in [0.15, 0.2) is 53.3 Å². The molecule has 3 aromatic rings. The van der Waals surface area contributed by atoms with E-state index >= 15 is 0 Å². The summed E-state index contributed by atoms with van der Waals surface area (Å²) in [6, 6.07) is 13.3. The smallest absolute Gasteiger partial charge is 0.360 e. The monoisotopic (exact) mass is 385 g/mol. The third-order valence-electron chi connectivity index (χ3n) is 3.93. The number of amides is 1. The van der Waals surface area contributed by atoms with Gasteiger partial charge in [0.1, 0.15) is 0 Å². The summed E-state index contributed by atoms with van der Waals surface area (Å²) in [6.45, 7) is 1.44. The molecule has 3 rings (SSSR count). The van der Waals surface area contributed by atoms with Gasteiger partial charge in [0, 0.05) is 12.4 Å². The maximum atomic E-state index is 12.6. The molecule has 0 spiro atoms. The van der Waals surface area contributed by atoms with Gasteiger partial charge in [0.2, 0.25) is 0 Å². The minimum atomic E-state index is -1.09. The van der Waals surface area contributed by atoms with Crippen molar-refractivity contribution >= 4 is 39.9 Å². The number of aromatic nitrogens is 2. The molecule has 0 aliphatic rings. The fourth-order valence-corrected chi connectivity index (χ4v) is 2.70. The van der Waals surface area contributed by atoms with Crippen LogP contribution in [0.5, 0.6) is 0 Å². The Bertz CT molecular complexity index is 1090. The van der Waals surface area contributed by atoms with E-state index in [1.54, 1.807) is 48.5 Å². The molecule has 0 bridgehead atoms. The van der Waals surface area contributed by atoms with Crippen LogP contribution in [0.25, 0.3) is 10.8 Å². The summed E-state index contributed by atoms with van der Waals surface area (Å²) in [7, 11) is 1.44. The molecule has 7 nitrogen and oxygen atoms in total. The van der Waals surface area contributed by atoms with Crippen LogP contribution in [-0.4, -0.2) is 27.8 Å². The van der Waals surface area contributed by atoms with Gasteiger partial charge in [-0.25, -0.2) is 9.48 Å². The molecular formula is C19H16ClN3O4. The van der Waals surface area contributed by atoms with Gasteiger partial charge >= 0.3 is 5.97 Å². The van der Waals surface area contributed by atoms with Crippen molar-refractivity contribution < 1.29 is 14.3 Å². The lowest BCUT2D eigenvalue weighted by Crippen LogP contribution is -2.31. The molecule has 1 N–H and O–H groups in total. The molecule has 8 heteroatoms. The number of nitrogens with one attached hydrogen (secondary N) is 1. The zero-order chi connectivity index (χ0) is 19.6. The molecule has 0 aliphatic carbocycles. The summed E-state index contributed by atoms with van der Waals surface area (Å²) in [4.78, 5) is 37.0. The Morgan fingerprint density at radius 3 is 2.44 bits per heavy atom. The van der Waals surface area contributed by atoms with Crippen LogP contribution in [0, 0.1) is 0 Å². The summed E-state index contributed by atoms with van der Waals surface area (Å²) in [5.41, 5.74) is 0.0505. The maximum Gasteiger partial charge on any atom is 0.360 e. The van der Waals surface area contributed by atoms with Crippen molar-refractivity contribution in [3.63, 3.8) is 0 Å². The molecule has 0 unspecified atom stereocenters. The van der Waals surface area contributed by atoms with E-state index in [0.717, 1.165) is 4.68 Å². The second-order valence-corrected chi connectivity index (χ2v) is 6.25. The van der Waals surface area contributed by atoms with Crippen molar-refractivity contribution in [1.82, 2.24) is 9.78 Å². The minimum absolute atomic E-state index is 0.0370. The van der Waals surface area contributed by atoms with E-state index in [2.05, 4.69) is 10.4 Å². The Labute approximate surface area is 159 Å². The van der Waals surface area contributed by atoms with E-state index in [-0.39, 0.29) is 11.3 Å². The SMILES string of the molecule is C[C@H](OC(=O)c1nn(C)c(=O)c2ccccc12)C(=O)Nc1ccccc1Cl. The van der Waals surface area contributed by atoms with E-state index in [1.807, 2.05) is 0 Å². The average Bonchev–Trinajstić information content (AvgIpc) is 2.66. The summed E-state index contributed by atoms with van der Waals surface area (Å²) < 4.78 is 6.30. The van der Waals surface area contributed by atoms with Crippen molar-refractivity contribution in [3.8, 4) is 0 Å². The number of hydrogen-bond acceptors (Lipinski definition) is 5. The molecule has 0 saturated heterocycles. The third kappa shape index (κ3) is 3.83. The fourth-order valence-electron chi connectivity index (χ4n) is 2.52. The highest BCUT2D eigenvalue weighted by atomic mass is 35.5. The number of nitrogens with zero attached hydrogens (tertiary/aromatic N) is 2. The largest absolute Gasteiger partial charge is 0.448 e. The van der Waals surface area contributed by atoms with E-state index in [9.17, 15) is 14.4 Å². The van der Waals surface area contributed by atoms with Crippen LogP contribution in [0.2, 0.25) is 5.02 Å². The second kappa shape index (κ2) is 7.59. The number of halogens is 1. The predicted octanol–water partition coefficient (Wildman–Crippen LogP) is 2.77. The standard InChI is InChI=1S/C19H16ClN3O4/c1-11(17(24)21-15-10-6-5-9-14(15)20)27-19(26)16-12-7-3-4-8-13(12)18(25)23(2)22-16/h3-11H,1-2H3,(H,21,24)/t11-/m0/s1. The zero-order valence-corrected chi connectivity index (χ0v) is 15.4. The van der Waals surface area contributed by atoms with Gasteiger partial charge in [-0.3, -0.25) is 9.59 Å². The number of carbonyl (C=O) groups excluding carboxylic acids is 2. The average molecular weight is 386 g/mol. The molecular weight excluding hydrogens is 370 g/mol. The number of fused-ring (bicyclic) bond motifs is 1. The van der Waals surface area contributed by atoms with Crippen LogP contribution >= 0.6 is 11.6 Å². The van der Waals surface area contributed by atoms with Gasteiger partial charge in [-0.05, 0) is 25.1 Å². The molecule has 1 amide bonds. The molecule has 0 aliphatic heterocycles. The van der Waals surface area contributed by atoms with Crippen LogP contribution in [0.1, 0.15) is 17.4 Å². The lowest BCUT2D eigenvalue weighted by molar-refractivity contribution is -0.123. The van der Waals surface area contributed by atoms with Crippen LogP contribution in [0.3, 0.4) is 0 Å². The molecule has 2 aromatic carbocycles. The van der Waals surface area contributed by atoms with Crippen LogP contribution in [-0.2, 0) is 16.6 Å². The van der Waals surface area contributed by atoms with Crippen LogP contribution < -0.4 is 10.9 Å². The molecule has 0 fully saturated rings. The van der Waals surface area contributed by atoms with E-state index < -0.39 is 18.0 Å². The highest BCUT2D eigenvalue weighted by molar-refractivity contribution is 6.33. The first-order chi connectivity index (χ1) is 12.9. The number of para-hydroxylation sites is 1. The summed E-state index contributed by atoms with van der Waals surface area (Å²) in [5.74, 6) is -1.34. The Balaban J connectivity index is 1.82. The minimum Gasteiger partial charge on any atom is -0.448 e. The lowest BCUT2D eigenvalue weighted by atomic mass is 10.1. The van der Waals surface area contributed by atoms with Crippen molar-refractivity contribution in [2.45, 2.75) is 13.0 Å². The molecule has 0 radical (unpaired) electrons. The number of ether oxygens (including phenoxy) is 1.